The van der Waals surface area contributed by atoms with Crippen LogP contribution in [0.2, 0.25) is 0 Å². The first-order valence-electron chi connectivity index (χ1n) is 9.17. The number of carboxylic acid groups (broad SMARTS) is 1. The average molecular weight is 406 g/mol. The molecule has 0 fully saturated rings. The van der Waals surface area contributed by atoms with Crippen LogP contribution in [0, 0.1) is 13.8 Å². The monoisotopic (exact) mass is 406 g/mol. The van der Waals surface area contributed by atoms with Crippen LogP contribution in [-0.4, -0.2) is 42.0 Å². The molecule has 0 unspecified atom stereocenters. The highest BCUT2D eigenvalue weighted by molar-refractivity contribution is 5.95. The van der Waals surface area contributed by atoms with E-state index in [-0.39, 0.29) is 12.4 Å². The molecule has 1 amide bonds. The lowest BCUT2D eigenvalue weighted by molar-refractivity contribution is -0.122. The predicted octanol–water partition coefficient (Wildman–Crippen LogP) is 2.61. The molecule has 3 N–H and O–H groups in total. The van der Waals surface area contributed by atoms with Gasteiger partial charge in [-0.2, -0.15) is 0 Å². The summed E-state index contributed by atoms with van der Waals surface area (Å²) in [5, 5.41) is 11.0. The van der Waals surface area contributed by atoms with Crippen LogP contribution in [0.25, 0.3) is 22.4 Å². The van der Waals surface area contributed by atoms with Gasteiger partial charge in [0.1, 0.15) is 6.33 Å². The maximum atomic E-state index is 12.4. The van der Waals surface area contributed by atoms with Gasteiger partial charge in [0.2, 0.25) is 0 Å². The molecule has 0 spiro atoms. The van der Waals surface area contributed by atoms with E-state index >= 15 is 0 Å². The summed E-state index contributed by atoms with van der Waals surface area (Å²) in [6.07, 6.45) is 6.69. The maximum Gasteiger partial charge on any atom is 0.290 e. The van der Waals surface area contributed by atoms with E-state index in [0.717, 1.165) is 33.5 Å². The predicted molar refractivity (Wildman–Crippen MR) is 112 cm³/mol. The molecule has 9 heteroatoms. The summed E-state index contributed by atoms with van der Waals surface area (Å²) in [5.41, 5.74) is 5.38. The molecule has 4 rings (SSSR count). The fourth-order valence-electron chi connectivity index (χ4n) is 3.21. The Kier molecular flexibility index (Phi) is 6.21. The van der Waals surface area contributed by atoms with Gasteiger partial charge < -0.3 is 20.0 Å². The van der Waals surface area contributed by atoms with Crippen LogP contribution in [0.4, 0.5) is 0 Å². The number of hydrogen-bond acceptors (Lipinski definition) is 5. The Bertz CT molecular complexity index is 1190. The summed E-state index contributed by atoms with van der Waals surface area (Å²) in [6, 6.07) is 6.14. The number of aromatic amines is 1. The first-order chi connectivity index (χ1) is 14.5. The lowest BCUT2D eigenvalue weighted by Gasteiger charge is -2.07. The number of nitrogens with one attached hydrogen (secondary N) is 2. The Morgan fingerprint density at radius 2 is 2.07 bits per heavy atom. The standard InChI is InChI=1S/C20H20N6O.CH2O2/c1-12-15-8-14(9-23-20(27)16-10-21-11-24-13(16)2)4-5-17(15)25-18(12)19-22-6-7-26(19)3;2-1-3/h4-8,10-11,25H,9H2,1-3H3,(H,23,27);1H,(H,2,3). The Morgan fingerprint density at radius 1 is 1.30 bits per heavy atom. The quantitative estimate of drug-likeness (QED) is 0.447. The molecule has 0 saturated heterocycles. The van der Waals surface area contributed by atoms with Crippen molar-refractivity contribution in [2.45, 2.75) is 20.4 Å². The largest absolute Gasteiger partial charge is 0.483 e. The van der Waals surface area contributed by atoms with Crippen LogP contribution < -0.4 is 5.32 Å². The smallest absolute Gasteiger partial charge is 0.290 e. The summed E-state index contributed by atoms with van der Waals surface area (Å²) in [7, 11) is 1.98. The first kappa shape index (κ1) is 20.7. The fraction of sp³-hybridized carbons (Fsp3) is 0.190. The minimum absolute atomic E-state index is 0.173. The molecule has 0 aliphatic carbocycles. The van der Waals surface area contributed by atoms with Gasteiger partial charge in [-0.15, -0.1) is 0 Å². The maximum absolute atomic E-state index is 12.4. The highest BCUT2D eigenvalue weighted by Gasteiger charge is 2.14. The van der Waals surface area contributed by atoms with Gasteiger partial charge in [-0.25, -0.2) is 15.0 Å². The second kappa shape index (κ2) is 8.99. The van der Waals surface area contributed by atoms with E-state index in [2.05, 4.69) is 38.2 Å². The molecule has 0 aliphatic heterocycles. The van der Waals surface area contributed by atoms with E-state index in [9.17, 15) is 4.79 Å². The van der Waals surface area contributed by atoms with E-state index < -0.39 is 0 Å². The van der Waals surface area contributed by atoms with Gasteiger partial charge in [-0.1, -0.05) is 6.07 Å². The van der Waals surface area contributed by atoms with Crippen molar-refractivity contribution in [1.29, 1.82) is 0 Å². The van der Waals surface area contributed by atoms with Crippen molar-refractivity contribution in [3.63, 3.8) is 0 Å². The zero-order valence-electron chi connectivity index (χ0n) is 16.9. The highest BCUT2D eigenvalue weighted by atomic mass is 16.3. The Morgan fingerprint density at radius 3 is 2.73 bits per heavy atom. The molecule has 3 heterocycles. The number of carbonyl (C=O) groups is 2. The lowest BCUT2D eigenvalue weighted by Crippen LogP contribution is -2.24. The van der Waals surface area contributed by atoms with Gasteiger partial charge in [0.05, 0.1) is 17.0 Å². The number of fused-ring (bicyclic) bond motifs is 1. The number of nitrogens with zero attached hydrogens (tertiary/aromatic N) is 4. The second-order valence-corrected chi connectivity index (χ2v) is 6.68. The molecule has 154 valence electrons. The van der Waals surface area contributed by atoms with Crippen LogP contribution in [-0.2, 0) is 18.4 Å². The minimum Gasteiger partial charge on any atom is -0.483 e. The van der Waals surface area contributed by atoms with Gasteiger partial charge in [0.25, 0.3) is 12.4 Å². The van der Waals surface area contributed by atoms with Crippen molar-refractivity contribution < 1.29 is 14.7 Å². The second-order valence-electron chi connectivity index (χ2n) is 6.68. The number of aryl methyl sites for hydroxylation is 3. The summed E-state index contributed by atoms with van der Waals surface area (Å²) in [5.74, 6) is 0.728. The van der Waals surface area contributed by atoms with E-state index in [1.165, 1.54) is 12.5 Å². The number of carbonyl (C=O) groups excluding carboxylic acids is 1. The molecule has 4 aromatic rings. The summed E-state index contributed by atoms with van der Waals surface area (Å²) in [4.78, 5) is 36.6. The highest BCUT2D eigenvalue weighted by Crippen LogP contribution is 2.29. The third-order valence-electron chi connectivity index (χ3n) is 4.78. The van der Waals surface area contributed by atoms with Crippen LogP contribution in [0.5, 0.6) is 0 Å². The van der Waals surface area contributed by atoms with E-state index in [4.69, 9.17) is 9.90 Å². The van der Waals surface area contributed by atoms with Crippen molar-refractivity contribution in [1.82, 2.24) is 29.8 Å². The van der Waals surface area contributed by atoms with Crippen LogP contribution in [0.3, 0.4) is 0 Å². The molecule has 30 heavy (non-hydrogen) atoms. The zero-order chi connectivity index (χ0) is 21.7. The van der Waals surface area contributed by atoms with Gasteiger partial charge in [0, 0.05) is 43.1 Å². The van der Waals surface area contributed by atoms with E-state index in [1.54, 1.807) is 13.1 Å². The Hall–Kier alpha value is -4.01. The Balaban J connectivity index is 0.000000806. The molecular formula is C21H22N6O3. The number of hydrogen-bond donors (Lipinski definition) is 3. The number of aromatic nitrogens is 5. The SMILES string of the molecule is Cc1ncncc1C(=O)NCc1ccc2[nH]c(-c3nccn3C)c(C)c2c1.O=CO. The molecule has 1 aromatic carbocycles. The molecule has 0 aliphatic rings. The minimum atomic E-state index is -0.250. The molecule has 0 bridgehead atoms. The van der Waals surface area contributed by atoms with E-state index in [1.807, 2.05) is 29.9 Å². The number of H-pyrrole nitrogens is 1. The normalized spacial score (nSPS) is 10.4. The molecule has 9 nitrogen and oxygen atoms in total. The molecule has 0 atom stereocenters. The first-order valence-corrected chi connectivity index (χ1v) is 9.17. The third-order valence-corrected chi connectivity index (χ3v) is 4.78. The Labute approximate surface area is 172 Å². The lowest BCUT2D eigenvalue weighted by atomic mass is 10.1. The zero-order valence-corrected chi connectivity index (χ0v) is 16.9. The van der Waals surface area contributed by atoms with Crippen molar-refractivity contribution in [2.75, 3.05) is 0 Å². The van der Waals surface area contributed by atoms with Crippen molar-refractivity contribution >= 4 is 23.3 Å². The van der Waals surface area contributed by atoms with Crippen LogP contribution >= 0.6 is 0 Å². The van der Waals surface area contributed by atoms with Gasteiger partial charge >= 0.3 is 0 Å². The summed E-state index contributed by atoms with van der Waals surface area (Å²) >= 11 is 0. The summed E-state index contributed by atoms with van der Waals surface area (Å²) < 4.78 is 1.99. The number of amides is 1. The number of benzene rings is 1. The average Bonchev–Trinajstić information content (AvgIpc) is 3.30. The van der Waals surface area contributed by atoms with Crippen molar-refractivity contribution in [2.24, 2.45) is 7.05 Å². The van der Waals surface area contributed by atoms with Crippen LogP contribution in [0.1, 0.15) is 27.2 Å². The molecular weight excluding hydrogens is 384 g/mol. The van der Waals surface area contributed by atoms with Crippen molar-refractivity contribution in [3.05, 3.63) is 65.5 Å². The number of rotatable bonds is 4. The van der Waals surface area contributed by atoms with E-state index in [0.29, 0.717) is 17.8 Å². The van der Waals surface area contributed by atoms with Gasteiger partial charge in [-0.3, -0.25) is 9.59 Å². The van der Waals surface area contributed by atoms with Gasteiger partial charge in [-0.05, 0) is 37.1 Å². The number of imidazole rings is 1. The van der Waals surface area contributed by atoms with Gasteiger partial charge in [0.15, 0.2) is 5.82 Å². The molecule has 3 aromatic heterocycles. The van der Waals surface area contributed by atoms with Crippen LogP contribution in [0.15, 0.2) is 43.1 Å². The summed E-state index contributed by atoms with van der Waals surface area (Å²) in [6.45, 7) is 4.06. The fourth-order valence-corrected chi connectivity index (χ4v) is 3.21. The topological polar surface area (TPSA) is 126 Å². The third kappa shape index (κ3) is 4.19. The molecule has 0 radical (unpaired) electrons. The molecule has 0 saturated carbocycles. The van der Waals surface area contributed by atoms with Crippen molar-refractivity contribution in [3.8, 4) is 11.5 Å².